The first-order valence-corrected chi connectivity index (χ1v) is 11.0. The van der Waals surface area contributed by atoms with Gasteiger partial charge in [-0.1, -0.05) is 20.8 Å². The highest BCUT2D eigenvalue weighted by Crippen LogP contribution is 2.25. The molecule has 0 bridgehead atoms. The standard InChI is InChI=1S/C25H30N2O5/c1-6-10-26-16(4)12-20(17(26)5)22(28)14-32-25(31)18-7-8-19-21(13-18)24(30)27(23(19)29)11-9-15(2)3/h7-8,12-13,15H,6,9-11,14H2,1-5H3. The fourth-order valence-corrected chi connectivity index (χ4v) is 3.95. The summed E-state index contributed by atoms with van der Waals surface area (Å²) in [6, 6.07) is 6.12. The van der Waals surface area contributed by atoms with Crippen molar-refractivity contribution in [3.05, 3.63) is 57.9 Å². The molecule has 1 aromatic carbocycles. The van der Waals surface area contributed by atoms with Gasteiger partial charge in [0, 0.05) is 30.0 Å². The first-order valence-electron chi connectivity index (χ1n) is 11.0. The van der Waals surface area contributed by atoms with Gasteiger partial charge < -0.3 is 9.30 Å². The number of ether oxygens (including phenoxy) is 1. The number of carbonyl (C=O) groups excluding carboxylic acids is 4. The number of fused-ring (bicyclic) bond motifs is 1. The van der Waals surface area contributed by atoms with Gasteiger partial charge in [-0.05, 0) is 56.9 Å². The summed E-state index contributed by atoms with van der Waals surface area (Å²) in [5.74, 6) is -1.37. The average Bonchev–Trinajstić information content (AvgIpc) is 3.17. The number of rotatable bonds is 9. The number of benzene rings is 1. The van der Waals surface area contributed by atoms with Crippen molar-refractivity contribution >= 4 is 23.6 Å². The first kappa shape index (κ1) is 23.4. The lowest BCUT2D eigenvalue weighted by Crippen LogP contribution is -2.31. The van der Waals surface area contributed by atoms with Crippen LogP contribution in [0.15, 0.2) is 24.3 Å². The third-order valence-corrected chi connectivity index (χ3v) is 5.79. The zero-order valence-corrected chi connectivity index (χ0v) is 19.4. The van der Waals surface area contributed by atoms with E-state index in [1.165, 1.54) is 23.1 Å². The van der Waals surface area contributed by atoms with Crippen molar-refractivity contribution in [2.45, 2.75) is 54.0 Å². The van der Waals surface area contributed by atoms with E-state index in [1.807, 2.05) is 33.8 Å². The maximum atomic E-state index is 12.7. The summed E-state index contributed by atoms with van der Waals surface area (Å²) < 4.78 is 7.30. The Hall–Kier alpha value is -3.22. The topological polar surface area (TPSA) is 85.7 Å². The highest BCUT2D eigenvalue weighted by molar-refractivity contribution is 6.22. The van der Waals surface area contributed by atoms with Crippen molar-refractivity contribution in [3.8, 4) is 0 Å². The Morgan fingerprint density at radius 3 is 2.34 bits per heavy atom. The maximum Gasteiger partial charge on any atom is 0.338 e. The maximum absolute atomic E-state index is 12.7. The lowest BCUT2D eigenvalue weighted by atomic mass is 10.1. The highest BCUT2D eigenvalue weighted by Gasteiger charge is 2.35. The van der Waals surface area contributed by atoms with Crippen LogP contribution in [-0.4, -0.2) is 46.2 Å². The van der Waals surface area contributed by atoms with Crippen LogP contribution in [0.5, 0.6) is 0 Å². The molecule has 3 rings (SSSR count). The Labute approximate surface area is 188 Å². The zero-order chi connectivity index (χ0) is 23.6. The van der Waals surface area contributed by atoms with Gasteiger partial charge in [-0.2, -0.15) is 0 Å². The van der Waals surface area contributed by atoms with E-state index in [9.17, 15) is 19.2 Å². The molecule has 7 nitrogen and oxygen atoms in total. The summed E-state index contributed by atoms with van der Waals surface area (Å²) >= 11 is 0. The third-order valence-electron chi connectivity index (χ3n) is 5.79. The van der Waals surface area contributed by atoms with Crippen LogP contribution in [0.1, 0.15) is 86.4 Å². The van der Waals surface area contributed by atoms with Crippen molar-refractivity contribution < 1.29 is 23.9 Å². The number of nitrogens with zero attached hydrogens (tertiary/aromatic N) is 2. The quantitative estimate of drug-likeness (QED) is 0.333. The minimum Gasteiger partial charge on any atom is -0.454 e. The zero-order valence-electron chi connectivity index (χ0n) is 19.4. The number of hydrogen-bond donors (Lipinski definition) is 0. The summed E-state index contributed by atoms with van der Waals surface area (Å²) in [5, 5.41) is 0. The van der Waals surface area contributed by atoms with Gasteiger partial charge >= 0.3 is 5.97 Å². The first-order chi connectivity index (χ1) is 15.1. The molecule has 0 saturated heterocycles. The second kappa shape index (κ2) is 9.51. The molecule has 1 aliphatic heterocycles. The molecule has 1 aliphatic rings. The predicted molar refractivity (Wildman–Crippen MR) is 120 cm³/mol. The van der Waals surface area contributed by atoms with E-state index in [1.54, 1.807) is 0 Å². The van der Waals surface area contributed by atoms with E-state index < -0.39 is 11.9 Å². The van der Waals surface area contributed by atoms with Gasteiger partial charge in [-0.25, -0.2) is 4.79 Å². The summed E-state index contributed by atoms with van der Waals surface area (Å²) in [5.41, 5.74) is 3.01. The summed E-state index contributed by atoms with van der Waals surface area (Å²) in [4.78, 5) is 51.6. The Morgan fingerprint density at radius 1 is 1.00 bits per heavy atom. The predicted octanol–water partition coefficient (Wildman–Crippen LogP) is 4.20. The van der Waals surface area contributed by atoms with Crippen LogP contribution < -0.4 is 0 Å². The molecule has 1 aromatic heterocycles. The van der Waals surface area contributed by atoms with Gasteiger partial charge in [0.05, 0.1) is 16.7 Å². The molecule has 0 fully saturated rings. The van der Waals surface area contributed by atoms with Gasteiger partial charge in [0.2, 0.25) is 5.78 Å². The minimum absolute atomic E-state index is 0.139. The van der Waals surface area contributed by atoms with Crippen LogP contribution in [-0.2, 0) is 11.3 Å². The van der Waals surface area contributed by atoms with Crippen LogP contribution in [0.4, 0.5) is 0 Å². The molecule has 2 amide bonds. The molecule has 0 atom stereocenters. The van der Waals surface area contributed by atoms with Crippen LogP contribution in [0.3, 0.4) is 0 Å². The minimum atomic E-state index is -0.704. The molecular weight excluding hydrogens is 408 g/mol. The van der Waals surface area contributed by atoms with Gasteiger partial charge in [-0.15, -0.1) is 0 Å². The molecule has 0 radical (unpaired) electrons. The highest BCUT2D eigenvalue weighted by atomic mass is 16.5. The molecule has 170 valence electrons. The number of esters is 1. The van der Waals surface area contributed by atoms with Crippen molar-refractivity contribution in [1.29, 1.82) is 0 Å². The lowest BCUT2D eigenvalue weighted by Gasteiger charge is -2.14. The van der Waals surface area contributed by atoms with E-state index >= 15 is 0 Å². The summed E-state index contributed by atoms with van der Waals surface area (Å²) in [7, 11) is 0. The molecule has 0 N–H and O–H groups in total. The fourth-order valence-electron chi connectivity index (χ4n) is 3.95. The van der Waals surface area contributed by atoms with Crippen LogP contribution >= 0.6 is 0 Å². The van der Waals surface area contributed by atoms with E-state index in [0.717, 1.165) is 24.4 Å². The number of carbonyl (C=O) groups is 4. The number of hydrogen-bond acceptors (Lipinski definition) is 5. The number of aromatic nitrogens is 1. The third kappa shape index (κ3) is 4.52. The Morgan fingerprint density at radius 2 is 1.69 bits per heavy atom. The molecule has 0 saturated carbocycles. The number of amides is 2. The fraction of sp³-hybridized carbons (Fsp3) is 0.440. The molecule has 2 aromatic rings. The van der Waals surface area contributed by atoms with Crippen LogP contribution in [0.25, 0.3) is 0 Å². The molecule has 0 aliphatic carbocycles. The van der Waals surface area contributed by atoms with Gasteiger partial charge in [-0.3, -0.25) is 19.3 Å². The van der Waals surface area contributed by atoms with Gasteiger partial charge in [0.15, 0.2) is 6.61 Å². The van der Waals surface area contributed by atoms with Gasteiger partial charge in [0.1, 0.15) is 0 Å². The van der Waals surface area contributed by atoms with E-state index in [2.05, 4.69) is 11.5 Å². The monoisotopic (exact) mass is 438 g/mol. The summed E-state index contributed by atoms with van der Waals surface area (Å²) in [6.07, 6.45) is 1.66. The largest absolute Gasteiger partial charge is 0.454 e. The van der Waals surface area contributed by atoms with E-state index in [0.29, 0.717) is 24.4 Å². The van der Waals surface area contributed by atoms with Crippen molar-refractivity contribution in [3.63, 3.8) is 0 Å². The Kier molecular flexibility index (Phi) is 6.96. The molecule has 32 heavy (non-hydrogen) atoms. The number of imide groups is 1. The normalized spacial score (nSPS) is 13.1. The molecule has 7 heteroatoms. The van der Waals surface area contributed by atoms with Gasteiger partial charge in [0.25, 0.3) is 11.8 Å². The van der Waals surface area contributed by atoms with Crippen LogP contribution in [0, 0.1) is 19.8 Å². The van der Waals surface area contributed by atoms with Crippen molar-refractivity contribution in [2.24, 2.45) is 5.92 Å². The van der Waals surface area contributed by atoms with Crippen molar-refractivity contribution in [1.82, 2.24) is 9.47 Å². The summed E-state index contributed by atoms with van der Waals surface area (Å²) in [6.45, 7) is 10.7. The molecular formula is C25H30N2O5. The smallest absolute Gasteiger partial charge is 0.338 e. The Bertz CT molecular complexity index is 1080. The SMILES string of the molecule is CCCn1c(C)cc(C(=O)COC(=O)c2ccc3c(c2)C(=O)N(CCC(C)C)C3=O)c1C. The lowest BCUT2D eigenvalue weighted by molar-refractivity contribution is 0.0474. The Balaban J connectivity index is 1.69. The number of Topliss-reactive ketones (excluding diaryl/α,β-unsaturated/α-hetero) is 1. The number of ketones is 1. The van der Waals surface area contributed by atoms with Crippen LogP contribution in [0.2, 0.25) is 0 Å². The van der Waals surface area contributed by atoms with Crippen molar-refractivity contribution in [2.75, 3.05) is 13.2 Å². The molecule has 0 unspecified atom stereocenters. The van der Waals surface area contributed by atoms with E-state index in [4.69, 9.17) is 4.74 Å². The second-order valence-corrected chi connectivity index (χ2v) is 8.64. The average molecular weight is 439 g/mol. The van der Waals surface area contributed by atoms with E-state index in [-0.39, 0.29) is 35.0 Å². The second-order valence-electron chi connectivity index (χ2n) is 8.64. The number of aryl methyl sites for hydroxylation is 1. The molecule has 2 heterocycles. The molecule has 0 spiro atoms.